The summed E-state index contributed by atoms with van der Waals surface area (Å²) < 4.78 is 28.4. The summed E-state index contributed by atoms with van der Waals surface area (Å²) in [7, 11) is -0.399. The molecule has 0 spiro atoms. The van der Waals surface area contributed by atoms with Gasteiger partial charge in [0.2, 0.25) is 10.0 Å². The summed E-state index contributed by atoms with van der Waals surface area (Å²) in [6.45, 7) is 4.46. The fourth-order valence-electron chi connectivity index (χ4n) is 6.14. The van der Waals surface area contributed by atoms with E-state index < -0.39 is 21.3 Å². The average Bonchev–Trinajstić information content (AvgIpc) is 3.39. The SMILES string of the molecule is Cc1cc(C#N)ccc1N1CCN(S(=O)(=O)CC2(C(=O)NO)C[C@H]3CN(C(=O)N(C)C)C[C@H]3C2)CC1. The van der Waals surface area contributed by atoms with Gasteiger partial charge in [-0.05, 0) is 55.4 Å². The van der Waals surface area contributed by atoms with Crippen LogP contribution >= 0.6 is 0 Å². The van der Waals surface area contributed by atoms with Gasteiger partial charge in [-0.25, -0.2) is 18.7 Å². The van der Waals surface area contributed by atoms with Gasteiger partial charge in [-0.3, -0.25) is 10.0 Å². The van der Waals surface area contributed by atoms with Crippen molar-refractivity contribution in [2.24, 2.45) is 17.3 Å². The first-order valence-corrected chi connectivity index (χ1v) is 13.7. The maximum absolute atomic E-state index is 13.5. The minimum absolute atomic E-state index is 0.0117. The molecule has 0 radical (unpaired) electrons. The molecule has 0 bridgehead atoms. The molecule has 196 valence electrons. The third-order valence-electron chi connectivity index (χ3n) is 7.88. The highest BCUT2D eigenvalue weighted by Gasteiger charge is 2.56. The van der Waals surface area contributed by atoms with E-state index in [9.17, 15) is 23.2 Å². The normalized spacial score (nSPS) is 26.4. The van der Waals surface area contributed by atoms with Crippen LogP contribution in [0, 0.1) is 35.5 Å². The largest absolute Gasteiger partial charge is 0.369 e. The van der Waals surface area contributed by atoms with Crippen LogP contribution in [0.2, 0.25) is 0 Å². The van der Waals surface area contributed by atoms with E-state index in [1.165, 1.54) is 9.21 Å². The molecule has 0 aromatic heterocycles. The van der Waals surface area contributed by atoms with Crippen molar-refractivity contribution in [3.05, 3.63) is 29.3 Å². The number of nitrogens with zero attached hydrogens (tertiary/aromatic N) is 5. The van der Waals surface area contributed by atoms with Crippen molar-refractivity contribution in [2.75, 3.05) is 64.0 Å². The Kier molecular flexibility index (Phi) is 7.19. The standard InChI is InChI=1S/C24H34N6O5S/c1-17-10-18(13-25)4-5-21(17)28-6-8-30(9-7-28)36(34,35)16-24(22(31)26-33)11-19-14-29(15-20(19)12-24)23(32)27(2)3/h4-5,10,19-20,33H,6-9,11-12,14-16H2,1-3H3,(H,26,31)/t19-,20+,24?. The third-order valence-corrected chi connectivity index (χ3v) is 9.95. The first kappa shape index (κ1) is 26.2. The van der Waals surface area contributed by atoms with E-state index >= 15 is 0 Å². The molecule has 3 atom stereocenters. The lowest BCUT2D eigenvalue weighted by molar-refractivity contribution is -0.138. The summed E-state index contributed by atoms with van der Waals surface area (Å²) in [6.07, 6.45) is 0.621. The third kappa shape index (κ3) is 4.87. The van der Waals surface area contributed by atoms with E-state index in [2.05, 4.69) is 11.0 Å². The van der Waals surface area contributed by atoms with Crippen LogP contribution in [0.25, 0.3) is 0 Å². The highest BCUT2D eigenvalue weighted by Crippen LogP contribution is 2.50. The van der Waals surface area contributed by atoms with Gasteiger partial charge in [-0.1, -0.05) is 0 Å². The molecule has 12 heteroatoms. The number of piperazine rings is 1. The lowest BCUT2D eigenvalue weighted by Crippen LogP contribution is -2.53. The van der Waals surface area contributed by atoms with E-state index in [1.807, 2.05) is 19.1 Å². The molecule has 1 saturated carbocycles. The van der Waals surface area contributed by atoms with Gasteiger partial charge in [-0.2, -0.15) is 9.57 Å². The molecule has 4 rings (SSSR count). The number of hydrogen-bond donors (Lipinski definition) is 2. The predicted molar refractivity (Wildman–Crippen MR) is 133 cm³/mol. The van der Waals surface area contributed by atoms with E-state index in [-0.39, 0.29) is 36.7 Å². The van der Waals surface area contributed by atoms with Crippen LogP contribution in [0.1, 0.15) is 24.0 Å². The van der Waals surface area contributed by atoms with Gasteiger partial charge in [0.25, 0.3) is 5.91 Å². The lowest BCUT2D eigenvalue weighted by atomic mass is 9.86. The molecule has 2 heterocycles. The van der Waals surface area contributed by atoms with Crippen molar-refractivity contribution in [1.29, 1.82) is 5.26 Å². The zero-order valence-electron chi connectivity index (χ0n) is 21.0. The number of rotatable bonds is 5. The molecule has 3 fully saturated rings. The Morgan fingerprint density at radius 2 is 1.78 bits per heavy atom. The number of aryl methyl sites for hydroxylation is 1. The second-order valence-electron chi connectivity index (χ2n) is 10.5. The highest BCUT2D eigenvalue weighted by atomic mass is 32.2. The number of benzene rings is 1. The first-order chi connectivity index (χ1) is 17.0. The Balaban J connectivity index is 1.43. The molecule has 11 nitrogen and oxygen atoms in total. The summed E-state index contributed by atoms with van der Waals surface area (Å²) in [5, 5.41) is 18.6. The number of fused-ring (bicyclic) bond motifs is 1. The number of urea groups is 1. The Morgan fingerprint density at radius 3 is 2.28 bits per heavy atom. The van der Waals surface area contributed by atoms with Crippen molar-refractivity contribution < 1.29 is 23.2 Å². The van der Waals surface area contributed by atoms with Gasteiger partial charge in [0, 0.05) is 59.1 Å². The molecule has 2 N–H and O–H groups in total. The number of hydrogen-bond acceptors (Lipinski definition) is 7. The topological polar surface area (TPSA) is 137 Å². The van der Waals surface area contributed by atoms with Gasteiger partial charge < -0.3 is 14.7 Å². The molecule has 36 heavy (non-hydrogen) atoms. The molecule has 3 amide bonds. The predicted octanol–water partition coefficient (Wildman–Crippen LogP) is 0.834. The van der Waals surface area contributed by atoms with Crippen LogP contribution in [0.5, 0.6) is 0 Å². The maximum Gasteiger partial charge on any atom is 0.319 e. The fraction of sp³-hybridized carbons (Fsp3) is 0.625. The van der Waals surface area contributed by atoms with Crippen molar-refractivity contribution in [2.45, 2.75) is 19.8 Å². The molecular formula is C24H34N6O5S. The van der Waals surface area contributed by atoms with Gasteiger partial charge >= 0.3 is 6.03 Å². The average molecular weight is 519 g/mol. The smallest absolute Gasteiger partial charge is 0.319 e. The van der Waals surface area contributed by atoms with Crippen LogP contribution in [0.3, 0.4) is 0 Å². The minimum atomic E-state index is -3.78. The monoisotopic (exact) mass is 518 g/mol. The van der Waals surface area contributed by atoms with Crippen molar-refractivity contribution in [3.8, 4) is 6.07 Å². The lowest BCUT2D eigenvalue weighted by Gasteiger charge is -2.38. The maximum atomic E-state index is 13.5. The van der Waals surface area contributed by atoms with Gasteiger partial charge in [-0.15, -0.1) is 0 Å². The number of nitriles is 1. The summed E-state index contributed by atoms with van der Waals surface area (Å²) in [6, 6.07) is 7.50. The number of amides is 3. The van der Waals surface area contributed by atoms with E-state index in [1.54, 1.807) is 30.5 Å². The van der Waals surface area contributed by atoms with Crippen molar-refractivity contribution in [1.82, 2.24) is 19.6 Å². The Bertz CT molecular complexity index is 1160. The number of nitrogens with one attached hydrogen (secondary N) is 1. The second-order valence-corrected chi connectivity index (χ2v) is 12.5. The zero-order valence-corrected chi connectivity index (χ0v) is 21.8. The van der Waals surface area contributed by atoms with Crippen molar-refractivity contribution >= 4 is 27.6 Å². The van der Waals surface area contributed by atoms with E-state index in [4.69, 9.17) is 5.26 Å². The molecule has 1 unspecified atom stereocenters. The van der Waals surface area contributed by atoms with E-state index in [0.29, 0.717) is 44.6 Å². The molecule has 1 aliphatic carbocycles. The summed E-state index contributed by atoms with van der Waals surface area (Å²) in [4.78, 5) is 30.5. The molecule has 2 aliphatic heterocycles. The number of likely N-dealkylation sites (tertiary alicyclic amines) is 1. The quantitative estimate of drug-likeness (QED) is 0.435. The Morgan fingerprint density at radius 1 is 1.17 bits per heavy atom. The van der Waals surface area contributed by atoms with Crippen LogP contribution in [-0.2, 0) is 14.8 Å². The number of carbonyl (C=O) groups is 2. The van der Waals surface area contributed by atoms with Gasteiger partial charge in [0.1, 0.15) is 0 Å². The minimum Gasteiger partial charge on any atom is -0.369 e. The molecular weight excluding hydrogens is 484 g/mol. The molecule has 1 aromatic rings. The molecule has 2 saturated heterocycles. The van der Waals surface area contributed by atoms with Gasteiger partial charge in [0.05, 0.1) is 22.8 Å². The van der Waals surface area contributed by atoms with Crippen LogP contribution in [-0.4, -0.2) is 98.8 Å². The zero-order chi connectivity index (χ0) is 26.3. The summed E-state index contributed by atoms with van der Waals surface area (Å²) in [5.41, 5.74) is 3.01. The number of sulfonamides is 1. The highest BCUT2D eigenvalue weighted by molar-refractivity contribution is 7.89. The first-order valence-electron chi connectivity index (χ1n) is 12.1. The number of hydroxylamine groups is 1. The number of anilines is 1. The summed E-state index contributed by atoms with van der Waals surface area (Å²) >= 11 is 0. The van der Waals surface area contributed by atoms with Crippen molar-refractivity contribution in [3.63, 3.8) is 0 Å². The molecule has 1 aromatic carbocycles. The molecule has 3 aliphatic rings. The summed E-state index contributed by atoms with van der Waals surface area (Å²) in [5.74, 6) is -1.01. The fourth-order valence-corrected chi connectivity index (χ4v) is 8.11. The number of carbonyl (C=O) groups excluding carboxylic acids is 2. The van der Waals surface area contributed by atoms with Gasteiger partial charge in [0.15, 0.2) is 0 Å². The van der Waals surface area contributed by atoms with Crippen LogP contribution in [0.4, 0.5) is 10.5 Å². The van der Waals surface area contributed by atoms with Crippen LogP contribution < -0.4 is 10.4 Å². The van der Waals surface area contributed by atoms with E-state index in [0.717, 1.165) is 11.3 Å². The van der Waals surface area contributed by atoms with Crippen LogP contribution in [0.15, 0.2) is 18.2 Å². The Hall–Kier alpha value is -2.88. The second kappa shape index (κ2) is 9.88. The Labute approximate surface area is 212 Å².